The largest absolute Gasteiger partial charge is 0.490 e. The zero-order valence-electron chi connectivity index (χ0n) is 17.2. The van der Waals surface area contributed by atoms with Crippen LogP contribution in [-0.2, 0) is 11.2 Å². The van der Waals surface area contributed by atoms with Gasteiger partial charge in [0.1, 0.15) is 5.82 Å². The maximum absolute atomic E-state index is 12.1. The highest BCUT2D eigenvalue weighted by Gasteiger charge is 2.09. The third-order valence-corrected chi connectivity index (χ3v) is 4.87. The molecule has 8 nitrogen and oxygen atoms in total. The number of thiazole rings is 1. The number of nitrogens with zero attached hydrogens (tertiary/aromatic N) is 2. The van der Waals surface area contributed by atoms with Gasteiger partial charge in [-0.25, -0.2) is 4.98 Å². The molecule has 31 heavy (non-hydrogen) atoms. The number of nitrogens with two attached hydrogens (primary N) is 1. The van der Waals surface area contributed by atoms with Gasteiger partial charge in [-0.2, -0.15) is 5.10 Å². The monoisotopic (exact) mass is 439 g/mol. The van der Waals surface area contributed by atoms with Gasteiger partial charge in [0.15, 0.2) is 18.1 Å². The minimum atomic E-state index is -0.184. The number of nitrogen functional groups attached to an aromatic ring is 1. The van der Waals surface area contributed by atoms with Crippen LogP contribution in [-0.4, -0.2) is 36.9 Å². The van der Waals surface area contributed by atoms with Crippen molar-refractivity contribution in [2.24, 2.45) is 5.10 Å². The van der Waals surface area contributed by atoms with Crippen LogP contribution in [0.25, 0.3) is 0 Å². The molecule has 0 aliphatic rings. The maximum atomic E-state index is 12.1. The number of hydrazone groups is 1. The van der Waals surface area contributed by atoms with E-state index >= 15 is 0 Å². The van der Waals surface area contributed by atoms with Gasteiger partial charge in [-0.15, -0.1) is 11.3 Å². The van der Waals surface area contributed by atoms with E-state index in [1.54, 1.807) is 23.7 Å². The zero-order valence-corrected chi connectivity index (χ0v) is 18.0. The highest BCUT2D eigenvalue weighted by molar-refractivity contribution is 7.14. The summed E-state index contributed by atoms with van der Waals surface area (Å²) in [6.07, 6.45) is 2.41. The van der Waals surface area contributed by atoms with Gasteiger partial charge >= 0.3 is 0 Å². The molecule has 162 valence electrons. The summed E-state index contributed by atoms with van der Waals surface area (Å²) in [5.41, 5.74) is 10.4. The lowest BCUT2D eigenvalue weighted by atomic mass is 10.1. The van der Waals surface area contributed by atoms with Gasteiger partial charge in [0, 0.05) is 11.9 Å². The van der Waals surface area contributed by atoms with Crippen molar-refractivity contribution in [3.05, 3.63) is 65.0 Å². The number of hydrogen-bond acceptors (Lipinski definition) is 8. The van der Waals surface area contributed by atoms with E-state index in [0.29, 0.717) is 35.6 Å². The van der Waals surface area contributed by atoms with Crippen molar-refractivity contribution in [3.8, 4) is 11.5 Å². The molecule has 9 heteroatoms. The highest BCUT2D eigenvalue weighted by atomic mass is 32.1. The van der Waals surface area contributed by atoms with E-state index in [1.807, 2.05) is 43.3 Å². The summed E-state index contributed by atoms with van der Waals surface area (Å²) in [5, 5.41) is 9.35. The fraction of sp³-hybridized carbons (Fsp3) is 0.227. The molecule has 0 spiro atoms. The van der Waals surface area contributed by atoms with Crippen LogP contribution in [0.5, 0.6) is 11.5 Å². The summed E-state index contributed by atoms with van der Waals surface area (Å²) >= 11 is 1.37. The molecule has 0 unspecified atom stereocenters. The van der Waals surface area contributed by atoms with Gasteiger partial charge in [-0.3, -0.25) is 10.2 Å². The molecule has 0 saturated heterocycles. The second kappa shape index (κ2) is 11.6. The van der Waals surface area contributed by atoms with Gasteiger partial charge in [0.25, 0.3) is 5.91 Å². The number of rotatable bonds is 11. The van der Waals surface area contributed by atoms with Crippen LogP contribution >= 0.6 is 11.3 Å². The molecule has 0 aliphatic heterocycles. The van der Waals surface area contributed by atoms with Crippen molar-refractivity contribution < 1.29 is 14.3 Å². The van der Waals surface area contributed by atoms with E-state index in [1.165, 1.54) is 16.9 Å². The van der Waals surface area contributed by atoms with Crippen LogP contribution in [0.15, 0.2) is 59.0 Å². The Bertz CT molecular complexity index is 1010. The van der Waals surface area contributed by atoms with Gasteiger partial charge in [0.2, 0.25) is 5.13 Å². The van der Waals surface area contributed by atoms with Crippen LogP contribution in [0.2, 0.25) is 0 Å². The van der Waals surface area contributed by atoms with Crippen LogP contribution in [0, 0.1) is 0 Å². The molecule has 1 amide bonds. The Balaban J connectivity index is 1.50. The molecule has 3 aromatic rings. The minimum absolute atomic E-state index is 0.0880. The molecule has 2 aromatic carbocycles. The maximum Gasteiger partial charge on any atom is 0.257 e. The molecule has 0 aliphatic carbocycles. The summed E-state index contributed by atoms with van der Waals surface area (Å²) in [6, 6.07) is 15.4. The SMILES string of the molecule is CCOc1cc(C=NNc2nc(N)cs2)ccc1OCC(=O)NCCc1ccccc1. The van der Waals surface area contributed by atoms with Gasteiger partial charge in [-0.05, 0) is 42.7 Å². The number of hydrogen-bond donors (Lipinski definition) is 3. The normalized spacial score (nSPS) is 10.7. The Morgan fingerprint density at radius 1 is 1.19 bits per heavy atom. The first-order valence-corrected chi connectivity index (χ1v) is 10.7. The predicted octanol–water partition coefficient (Wildman–Crippen LogP) is 3.31. The number of amides is 1. The third kappa shape index (κ3) is 7.31. The molecule has 1 heterocycles. The zero-order chi connectivity index (χ0) is 21.9. The first-order chi connectivity index (χ1) is 15.1. The van der Waals surface area contributed by atoms with Gasteiger partial charge in [0.05, 0.1) is 12.8 Å². The Hall–Kier alpha value is -3.59. The Morgan fingerprint density at radius 3 is 2.77 bits per heavy atom. The highest BCUT2D eigenvalue weighted by Crippen LogP contribution is 2.28. The molecule has 1 aromatic heterocycles. The molecular weight excluding hydrogens is 414 g/mol. The summed E-state index contributed by atoms with van der Waals surface area (Å²) in [6.45, 7) is 2.82. The van der Waals surface area contributed by atoms with E-state index < -0.39 is 0 Å². The molecule has 0 fully saturated rings. The van der Waals surface area contributed by atoms with Gasteiger partial charge in [-0.1, -0.05) is 30.3 Å². The van der Waals surface area contributed by atoms with Crippen molar-refractivity contribution in [2.45, 2.75) is 13.3 Å². The molecule has 4 N–H and O–H groups in total. The number of ether oxygens (including phenoxy) is 2. The average Bonchev–Trinajstić information content (AvgIpc) is 3.19. The summed E-state index contributed by atoms with van der Waals surface area (Å²) in [4.78, 5) is 16.2. The summed E-state index contributed by atoms with van der Waals surface area (Å²) in [5.74, 6) is 1.31. The average molecular weight is 440 g/mol. The van der Waals surface area contributed by atoms with Crippen molar-refractivity contribution >= 4 is 34.4 Å². The molecule has 0 atom stereocenters. The quantitative estimate of drug-likeness (QED) is 0.312. The van der Waals surface area contributed by atoms with E-state index in [4.69, 9.17) is 15.2 Å². The number of carbonyl (C=O) groups excluding carboxylic acids is 1. The van der Waals surface area contributed by atoms with Crippen molar-refractivity contribution in [1.82, 2.24) is 10.3 Å². The molecular formula is C22H25N5O3S. The second-order valence-corrected chi connectivity index (χ2v) is 7.32. The molecule has 0 bridgehead atoms. The standard InChI is InChI=1S/C22H25N5O3S/c1-2-29-19-12-17(13-25-27-22-26-20(23)15-31-22)8-9-18(19)30-14-21(28)24-11-10-16-6-4-3-5-7-16/h3-9,12-13,15H,2,10-11,14,23H2,1H3,(H,24,28)(H,26,27). The lowest BCUT2D eigenvalue weighted by Crippen LogP contribution is -2.30. The first-order valence-electron chi connectivity index (χ1n) is 9.84. The van der Waals surface area contributed by atoms with Crippen LogP contribution < -0.4 is 25.9 Å². The number of benzene rings is 2. The minimum Gasteiger partial charge on any atom is -0.490 e. The first kappa shape index (κ1) is 22.1. The third-order valence-electron chi connectivity index (χ3n) is 4.10. The Kier molecular flexibility index (Phi) is 8.24. The smallest absolute Gasteiger partial charge is 0.257 e. The van der Waals surface area contributed by atoms with E-state index in [9.17, 15) is 4.79 Å². The number of nitrogens with one attached hydrogen (secondary N) is 2. The van der Waals surface area contributed by atoms with Crippen molar-refractivity contribution in [2.75, 3.05) is 30.9 Å². The number of carbonyl (C=O) groups is 1. The number of anilines is 2. The van der Waals surface area contributed by atoms with E-state index in [2.05, 4.69) is 20.8 Å². The van der Waals surface area contributed by atoms with Crippen LogP contribution in [0.3, 0.4) is 0 Å². The van der Waals surface area contributed by atoms with E-state index in [-0.39, 0.29) is 12.5 Å². The fourth-order valence-corrected chi connectivity index (χ4v) is 3.23. The molecule has 0 saturated carbocycles. The second-order valence-electron chi connectivity index (χ2n) is 6.46. The molecule has 3 rings (SSSR count). The van der Waals surface area contributed by atoms with Crippen molar-refractivity contribution in [3.63, 3.8) is 0 Å². The Morgan fingerprint density at radius 2 is 2.03 bits per heavy atom. The lowest BCUT2D eigenvalue weighted by Gasteiger charge is -2.12. The van der Waals surface area contributed by atoms with Crippen molar-refractivity contribution in [1.29, 1.82) is 0 Å². The Labute approximate surface area is 185 Å². The van der Waals surface area contributed by atoms with Crippen LogP contribution in [0.4, 0.5) is 10.9 Å². The number of aromatic nitrogens is 1. The predicted molar refractivity (Wildman–Crippen MR) is 124 cm³/mol. The van der Waals surface area contributed by atoms with Gasteiger partial charge < -0.3 is 20.5 Å². The topological polar surface area (TPSA) is 111 Å². The lowest BCUT2D eigenvalue weighted by molar-refractivity contribution is -0.123. The molecule has 0 radical (unpaired) electrons. The van der Waals surface area contributed by atoms with Crippen LogP contribution in [0.1, 0.15) is 18.1 Å². The van der Waals surface area contributed by atoms with E-state index in [0.717, 1.165) is 12.0 Å². The summed E-state index contributed by atoms with van der Waals surface area (Å²) in [7, 11) is 0. The fourth-order valence-electron chi connectivity index (χ4n) is 2.68. The summed E-state index contributed by atoms with van der Waals surface area (Å²) < 4.78 is 11.3.